The summed E-state index contributed by atoms with van der Waals surface area (Å²) in [4.78, 5) is 15.7. The van der Waals surface area contributed by atoms with E-state index in [1.165, 1.54) is 6.42 Å². The number of ether oxygens (including phenoxy) is 2. The summed E-state index contributed by atoms with van der Waals surface area (Å²) in [6, 6.07) is 19.6. The Morgan fingerprint density at radius 1 is 1.00 bits per heavy atom. The van der Waals surface area contributed by atoms with Crippen molar-refractivity contribution in [3.63, 3.8) is 0 Å². The first-order chi connectivity index (χ1) is 15.3. The van der Waals surface area contributed by atoms with Crippen LogP contribution in [-0.2, 0) is 27.5 Å². The van der Waals surface area contributed by atoms with Crippen molar-refractivity contribution >= 4 is 29.3 Å². The fraction of sp³-hybridized carbons (Fsp3) is 0.435. The predicted molar refractivity (Wildman–Crippen MR) is 127 cm³/mol. The lowest BCUT2D eigenvalue weighted by Crippen LogP contribution is -2.41. The van der Waals surface area contributed by atoms with Gasteiger partial charge in [-0.1, -0.05) is 65.8 Å². The fourth-order valence-corrected chi connectivity index (χ4v) is 6.22. The summed E-state index contributed by atoms with van der Waals surface area (Å²) in [5, 5.41) is 3.48. The molecule has 0 radical (unpaired) electrons. The van der Waals surface area contributed by atoms with Crippen LogP contribution in [0.3, 0.4) is 0 Å². The Morgan fingerprint density at radius 3 is 2.16 bits per heavy atom. The smallest absolute Gasteiger partial charge is 0.170 e. The maximum absolute atomic E-state index is 12.9. The Morgan fingerprint density at radius 2 is 1.58 bits per heavy atom. The third-order valence-electron chi connectivity index (χ3n) is 4.85. The summed E-state index contributed by atoms with van der Waals surface area (Å²) in [7, 11) is 0. The molecular weight excluding hydrogens is 430 g/mol. The average Bonchev–Trinajstić information content (AvgIpc) is 2.83. The van der Waals surface area contributed by atoms with Crippen molar-refractivity contribution < 1.29 is 14.3 Å². The van der Waals surface area contributed by atoms with Gasteiger partial charge in [-0.25, -0.2) is 0 Å². The van der Waals surface area contributed by atoms with E-state index in [9.17, 15) is 4.79 Å². The molecule has 2 aromatic carbocycles. The minimum absolute atomic E-state index is 0.244. The van der Waals surface area contributed by atoms with E-state index in [0.29, 0.717) is 24.2 Å². The largest absolute Gasteiger partial charge is 0.370 e. The van der Waals surface area contributed by atoms with Crippen LogP contribution in [0.2, 0.25) is 0 Å². The first kappa shape index (κ1) is 23.7. The van der Waals surface area contributed by atoms with Crippen molar-refractivity contribution in [3.05, 3.63) is 82.2 Å². The van der Waals surface area contributed by atoms with Crippen molar-refractivity contribution in [2.45, 2.75) is 42.8 Å². The fourth-order valence-electron chi connectivity index (χ4n) is 3.28. The van der Waals surface area contributed by atoms with Crippen molar-refractivity contribution in [2.75, 3.05) is 18.1 Å². The number of carbonyl (C=O) groups is 1. The molecule has 0 N–H and O–H groups in total. The molecule has 31 heavy (non-hydrogen) atoms. The highest BCUT2D eigenvalue weighted by molar-refractivity contribution is 8.17. The van der Waals surface area contributed by atoms with E-state index in [1.54, 1.807) is 0 Å². The minimum atomic E-state index is -0.794. The lowest BCUT2D eigenvalue weighted by atomic mass is 10.1. The molecule has 1 aliphatic heterocycles. The van der Waals surface area contributed by atoms with Crippen LogP contribution >= 0.6 is 23.5 Å². The standard InChI is InChI=1S/C23H27N3O3S2/c24-26-25-15-20(27)23(29-17-19-10-5-2-6-11-19)21(14-22-30-12-7-13-31-22)28-16-18-8-3-1-4-9-18/h1-6,8-11,21-23H,7,12-17H2/t21-,23-/m1/s1. The van der Waals surface area contributed by atoms with E-state index in [0.717, 1.165) is 22.6 Å². The first-order valence-electron chi connectivity index (χ1n) is 10.3. The number of ketones is 1. The molecule has 2 aromatic rings. The van der Waals surface area contributed by atoms with Crippen molar-refractivity contribution in [1.29, 1.82) is 0 Å². The summed E-state index contributed by atoms with van der Waals surface area (Å²) in [6.45, 7) is 0.448. The lowest BCUT2D eigenvalue weighted by Gasteiger charge is -2.30. The van der Waals surface area contributed by atoms with E-state index in [1.807, 2.05) is 84.2 Å². The molecule has 2 atom stereocenters. The van der Waals surface area contributed by atoms with Crippen LogP contribution in [-0.4, -0.2) is 40.6 Å². The maximum Gasteiger partial charge on any atom is 0.170 e. The van der Waals surface area contributed by atoms with Gasteiger partial charge < -0.3 is 9.47 Å². The lowest BCUT2D eigenvalue weighted by molar-refractivity contribution is -0.144. The molecule has 0 amide bonds. The molecule has 1 saturated heterocycles. The number of thioether (sulfide) groups is 2. The molecule has 0 saturated carbocycles. The van der Waals surface area contributed by atoms with E-state index < -0.39 is 12.2 Å². The quantitative estimate of drug-likeness (QED) is 0.234. The highest BCUT2D eigenvalue weighted by Crippen LogP contribution is 2.35. The van der Waals surface area contributed by atoms with E-state index >= 15 is 0 Å². The second kappa shape index (κ2) is 13.5. The number of hydrogen-bond donors (Lipinski definition) is 0. The highest BCUT2D eigenvalue weighted by atomic mass is 32.2. The van der Waals surface area contributed by atoms with E-state index in [-0.39, 0.29) is 12.3 Å². The molecule has 1 aliphatic rings. The molecule has 6 nitrogen and oxygen atoms in total. The Labute approximate surface area is 191 Å². The second-order valence-corrected chi connectivity index (χ2v) is 10.1. The van der Waals surface area contributed by atoms with E-state index in [4.69, 9.17) is 15.0 Å². The predicted octanol–water partition coefficient (Wildman–Crippen LogP) is 5.62. The number of nitrogens with zero attached hydrogens (tertiary/aromatic N) is 3. The van der Waals surface area contributed by atoms with Gasteiger partial charge in [-0.3, -0.25) is 4.79 Å². The number of hydrogen-bond acceptors (Lipinski definition) is 6. The zero-order valence-corrected chi connectivity index (χ0v) is 19.0. The van der Waals surface area contributed by atoms with Gasteiger partial charge in [0.15, 0.2) is 5.78 Å². The van der Waals surface area contributed by atoms with Gasteiger partial charge in [0.2, 0.25) is 0 Å². The Kier molecular flexibility index (Phi) is 10.3. The van der Waals surface area contributed by atoms with Crippen molar-refractivity contribution in [3.8, 4) is 0 Å². The Hall–Kier alpha value is -1.96. The first-order valence-corrected chi connectivity index (χ1v) is 12.4. The summed E-state index contributed by atoms with van der Waals surface area (Å²) < 4.78 is 12.7. The van der Waals surface area contributed by atoms with Crippen LogP contribution in [0.1, 0.15) is 24.0 Å². The number of Topliss-reactive ketones (excluding diaryl/α,β-unsaturated/α-hetero) is 1. The highest BCUT2D eigenvalue weighted by Gasteiger charge is 2.32. The van der Waals surface area contributed by atoms with Gasteiger partial charge >= 0.3 is 0 Å². The summed E-state index contributed by atoms with van der Waals surface area (Å²) in [5.41, 5.74) is 10.7. The summed E-state index contributed by atoms with van der Waals surface area (Å²) >= 11 is 3.82. The number of azide groups is 1. The molecular formula is C23H27N3O3S2. The molecule has 0 bridgehead atoms. The van der Waals surface area contributed by atoms with Crippen LogP contribution in [0.25, 0.3) is 10.4 Å². The molecule has 0 aliphatic carbocycles. The summed E-state index contributed by atoms with van der Waals surface area (Å²) in [6.07, 6.45) is 0.681. The Balaban J connectivity index is 1.75. The van der Waals surface area contributed by atoms with Crippen LogP contribution in [0.4, 0.5) is 0 Å². The zero-order valence-electron chi connectivity index (χ0n) is 17.3. The van der Waals surface area contributed by atoms with Crippen molar-refractivity contribution in [2.24, 2.45) is 5.11 Å². The van der Waals surface area contributed by atoms with Gasteiger partial charge in [0.1, 0.15) is 6.10 Å². The number of rotatable bonds is 12. The topological polar surface area (TPSA) is 84.3 Å². The van der Waals surface area contributed by atoms with Gasteiger partial charge in [0.25, 0.3) is 0 Å². The third-order valence-corrected chi connectivity index (χ3v) is 7.84. The van der Waals surface area contributed by atoms with Gasteiger partial charge in [0.05, 0.1) is 30.4 Å². The SMILES string of the molecule is [N-]=[N+]=NCC(=O)[C@@H](OCc1ccccc1)[C@@H](CC1SCCCS1)OCc1ccccc1. The van der Waals surface area contributed by atoms with Gasteiger partial charge in [0, 0.05) is 4.91 Å². The molecule has 3 rings (SSSR count). The molecule has 164 valence electrons. The van der Waals surface area contributed by atoms with E-state index in [2.05, 4.69) is 10.0 Å². The molecule has 8 heteroatoms. The minimum Gasteiger partial charge on any atom is -0.370 e. The molecule has 1 heterocycles. The average molecular weight is 458 g/mol. The molecule has 1 fully saturated rings. The summed E-state index contributed by atoms with van der Waals surface area (Å²) in [5.74, 6) is 1.98. The van der Waals surface area contributed by atoms with Crippen LogP contribution in [0, 0.1) is 0 Å². The second-order valence-electron chi connectivity index (χ2n) is 7.17. The van der Waals surface area contributed by atoms with Gasteiger partial charge in [-0.2, -0.15) is 0 Å². The van der Waals surface area contributed by atoms with Crippen LogP contribution < -0.4 is 0 Å². The normalized spacial score (nSPS) is 16.3. The monoisotopic (exact) mass is 457 g/mol. The third kappa shape index (κ3) is 8.24. The number of carbonyl (C=O) groups excluding carboxylic acids is 1. The molecule has 0 aromatic heterocycles. The maximum atomic E-state index is 12.9. The van der Waals surface area contributed by atoms with Gasteiger partial charge in [-0.15, -0.1) is 23.5 Å². The van der Waals surface area contributed by atoms with Crippen molar-refractivity contribution in [1.82, 2.24) is 0 Å². The number of benzene rings is 2. The molecule has 0 spiro atoms. The molecule has 0 unspecified atom stereocenters. The van der Waals surface area contributed by atoms with Crippen LogP contribution in [0.15, 0.2) is 65.8 Å². The van der Waals surface area contributed by atoms with Crippen LogP contribution in [0.5, 0.6) is 0 Å². The zero-order chi connectivity index (χ0) is 21.7. The Bertz CT molecular complexity index is 842. The van der Waals surface area contributed by atoms with Gasteiger partial charge in [-0.05, 0) is 41.0 Å².